The van der Waals surface area contributed by atoms with Gasteiger partial charge in [0.05, 0.1) is 18.1 Å². The van der Waals surface area contributed by atoms with Gasteiger partial charge in [-0.2, -0.15) is 0 Å². The first-order valence-electron chi connectivity index (χ1n) is 6.40. The second kappa shape index (κ2) is 6.69. The molecule has 110 valence electrons. The molecule has 0 saturated heterocycles. The number of hydrogen-bond acceptors (Lipinski definition) is 4. The second-order valence-corrected chi connectivity index (χ2v) is 4.48. The van der Waals surface area contributed by atoms with Crippen molar-refractivity contribution >= 4 is 11.4 Å². The zero-order chi connectivity index (χ0) is 15.2. The first-order chi connectivity index (χ1) is 10.1. The number of rotatable bonds is 6. The smallest absolute Gasteiger partial charge is 0.274 e. The third-order valence-corrected chi connectivity index (χ3v) is 2.97. The highest BCUT2D eigenvalue weighted by Gasteiger charge is 2.09. The summed E-state index contributed by atoms with van der Waals surface area (Å²) in [6.45, 7) is 0.535. The van der Waals surface area contributed by atoms with E-state index in [2.05, 4.69) is 5.32 Å². The maximum Gasteiger partial charge on any atom is 0.274 e. The van der Waals surface area contributed by atoms with Crippen molar-refractivity contribution in [3.8, 4) is 5.75 Å². The molecule has 2 rings (SSSR count). The highest BCUT2D eigenvalue weighted by atomic mass is 19.1. The van der Waals surface area contributed by atoms with Crippen molar-refractivity contribution in [2.75, 3.05) is 19.0 Å². The lowest BCUT2D eigenvalue weighted by molar-refractivity contribution is -0.385. The summed E-state index contributed by atoms with van der Waals surface area (Å²) in [5, 5.41) is 13.6. The fraction of sp³-hybridized carbons (Fsp3) is 0.200. The van der Waals surface area contributed by atoms with Gasteiger partial charge in [-0.25, -0.2) is 4.39 Å². The molecule has 5 nitrogen and oxygen atoms in total. The second-order valence-electron chi connectivity index (χ2n) is 4.48. The number of nitro benzene ring substituents is 1. The van der Waals surface area contributed by atoms with E-state index in [4.69, 9.17) is 4.74 Å². The van der Waals surface area contributed by atoms with E-state index in [0.29, 0.717) is 18.7 Å². The molecule has 0 amide bonds. The molecule has 6 heteroatoms. The average molecular weight is 290 g/mol. The predicted molar refractivity (Wildman–Crippen MR) is 78.2 cm³/mol. The standard InChI is InChI=1S/C15H15FN2O3/c1-21-15-4-2-3-11(7-15)5-6-17-13-8-12(16)9-14(10-13)18(19)20/h2-4,7-10,17H,5-6H2,1H3. The van der Waals surface area contributed by atoms with Crippen molar-refractivity contribution in [3.05, 3.63) is 64.0 Å². The fourth-order valence-electron chi connectivity index (χ4n) is 1.96. The van der Waals surface area contributed by atoms with Crippen molar-refractivity contribution in [3.63, 3.8) is 0 Å². The van der Waals surface area contributed by atoms with Gasteiger partial charge in [0.25, 0.3) is 5.69 Å². The molecule has 2 aromatic rings. The van der Waals surface area contributed by atoms with Crippen LogP contribution in [-0.4, -0.2) is 18.6 Å². The summed E-state index contributed by atoms with van der Waals surface area (Å²) < 4.78 is 18.4. The van der Waals surface area contributed by atoms with Crippen LogP contribution in [0, 0.1) is 15.9 Å². The maximum atomic E-state index is 13.3. The van der Waals surface area contributed by atoms with E-state index < -0.39 is 10.7 Å². The van der Waals surface area contributed by atoms with Crippen LogP contribution in [-0.2, 0) is 6.42 Å². The zero-order valence-corrected chi connectivity index (χ0v) is 11.5. The summed E-state index contributed by atoms with van der Waals surface area (Å²) >= 11 is 0. The molecule has 0 radical (unpaired) electrons. The summed E-state index contributed by atoms with van der Waals surface area (Å²) in [6.07, 6.45) is 0.696. The molecule has 0 aliphatic carbocycles. The van der Waals surface area contributed by atoms with Crippen LogP contribution in [0.25, 0.3) is 0 Å². The molecule has 0 spiro atoms. The summed E-state index contributed by atoms with van der Waals surface area (Å²) in [5.41, 5.74) is 1.19. The van der Waals surface area contributed by atoms with Gasteiger partial charge in [0.1, 0.15) is 11.6 Å². The Balaban J connectivity index is 1.98. The molecular weight excluding hydrogens is 275 g/mol. The molecular formula is C15H15FN2O3. The number of halogens is 1. The molecule has 1 N–H and O–H groups in total. The van der Waals surface area contributed by atoms with Gasteiger partial charge in [0.15, 0.2) is 0 Å². The van der Waals surface area contributed by atoms with E-state index >= 15 is 0 Å². The summed E-state index contributed by atoms with van der Waals surface area (Å²) in [4.78, 5) is 10.1. The van der Waals surface area contributed by atoms with Gasteiger partial charge in [-0.1, -0.05) is 12.1 Å². The molecule has 21 heavy (non-hydrogen) atoms. The summed E-state index contributed by atoms with van der Waals surface area (Å²) in [6, 6.07) is 11.1. The third-order valence-electron chi connectivity index (χ3n) is 2.97. The van der Waals surface area contributed by atoms with Crippen LogP contribution >= 0.6 is 0 Å². The van der Waals surface area contributed by atoms with Crippen molar-refractivity contribution < 1.29 is 14.1 Å². The van der Waals surface area contributed by atoms with Gasteiger partial charge in [0, 0.05) is 18.3 Å². The normalized spacial score (nSPS) is 10.2. The Morgan fingerprint density at radius 2 is 2.10 bits per heavy atom. The number of benzene rings is 2. The van der Waals surface area contributed by atoms with Crippen LogP contribution in [0.15, 0.2) is 42.5 Å². The van der Waals surface area contributed by atoms with Crippen LogP contribution in [0.3, 0.4) is 0 Å². The van der Waals surface area contributed by atoms with E-state index in [1.165, 1.54) is 12.1 Å². The van der Waals surface area contributed by atoms with Crippen molar-refractivity contribution in [1.82, 2.24) is 0 Å². The topological polar surface area (TPSA) is 64.4 Å². The number of nitrogens with zero attached hydrogens (tertiary/aromatic N) is 1. The molecule has 0 aliphatic heterocycles. The summed E-state index contributed by atoms with van der Waals surface area (Å²) in [7, 11) is 1.60. The van der Waals surface area contributed by atoms with Crippen LogP contribution in [0.1, 0.15) is 5.56 Å². The van der Waals surface area contributed by atoms with Gasteiger partial charge in [-0.15, -0.1) is 0 Å². The fourth-order valence-corrected chi connectivity index (χ4v) is 1.96. The summed E-state index contributed by atoms with van der Waals surface area (Å²) in [5.74, 6) is 0.141. The molecule has 0 aliphatic rings. The maximum absolute atomic E-state index is 13.3. The number of anilines is 1. The number of nitrogens with one attached hydrogen (secondary N) is 1. The van der Waals surface area contributed by atoms with Crippen LogP contribution in [0.2, 0.25) is 0 Å². The molecule has 0 atom stereocenters. The van der Waals surface area contributed by atoms with Gasteiger partial charge in [-0.05, 0) is 30.2 Å². The lowest BCUT2D eigenvalue weighted by atomic mass is 10.1. The van der Waals surface area contributed by atoms with Crippen molar-refractivity contribution in [2.24, 2.45) is 0 Å². The number of non-ortho nitro benzene ring substituents is 1. The molecule has 0 heterocycles. The highest BCUT2D eigenvalue weighted by Crippen LogP contribution is 2.20. The predicted octanol–water partition coefficient (Wildman–Crippen LogP) is 3.40. The van der Waals surface area contributed by atoms with Crippen LogP contribution in [0.4, 0.5) is 15.8 Å². The van der Waals surface area contributed by atoms with E-state index in [0.717, 1.165) is 17.4 Å². The van der Waals surface area contributed by atoms with Crippen molar-refractivity contribution in [1.29, 1.82) is 0 Å². The Labute approximate surface area is 121 Å². The van der Waals surface area contributed by atoms with Gasteiger partial charge < -0.3 is 10.1 Å². The SMILES string of the molecule is COc1cccc(CCNc2cc(F)cc([N+](=O)[O-])c2)c1. The number of ether oxygens (including phenoxy) is 1. The Bertz CT molecular complexity index is 647. The molecule has 0 aromatic heterocycles. The van der Waals surface area contributed by atoms with E-state index in [-0.39, 0.29) is 5.69 Å². The monoisotopic (exact) mass is 290 g/mol. The van der Waals surface area contributed by atoms with Crippen LogP contribution in [0.5, 0.6) is 5.75 Å². The number of hydrogen-bond donors (Lipinski definition) is 1. The molecule has 0 unspecified atom stereocenters. The van der Waals surface area contributed by atoms with Gasteiger partial charge in [-0.3, -0.25) is 10.1 Å². The molecule has 2 aromatic carbocycles. The highest BCUT2D eigenvalue weighted by molar-refractivity contribution is 5.51. The third kappa shape index (κ3) is 4.17. The van der Waals surface area contributed by atoms with Crippen molar-refractivity contribution in [2.45, 2.75) is 6.42 Å². The molecule has 0 saturated carbocycles. The quantitative estimate of drug-likeness (QED) is 0.654. The minimum atomic E-state index is -0.631. The van der Waals surface area contributed by atoms with Crippen LogP contribution < -0.4 is 10.1 Å². The van der Waals surface area contributed by atoms with Gasteiger partial charge in [0.2, 0.25) is 0 Å². The number of nitro groups is 1. The van der Waals surface area contributed by atoms with Gasteiger partial charge >= 0.3 is 0 Å². The Morgan fingerprint density at radius 1 is 1.29 bits per heavy atom. The molecule has 0 fully saturated rings. The van der Waals surface area contributed by atoms with E-state index in [1.807, 2.05) is 24.3 Å². The van der Waals surface area contributed by atoms with E-state index in [1.54, 1.807) is 7.11 Å². The minimum Gasteiger partial charge on any atom is -0.497 e. The zero-order valence-electron chi connectivity index (χ0n) is 11.5. The lowest BCUT2D eigenvalue weighted by Gasteiger charge is -2.08. The lowest BCUT2D eigenvalue weighted by Crippen LogP contribution is -2.05. The minimum absolute atomic E-state index is 0.265. The Morgan fingerprint density at radius 3 is 2.81 bits per heavy atom. The Hall–Kier alpha value is -2.63. The first-order valence-corrected chi connectivity index (χ1v) is 6.40. The Kier molecular flexibility index (Phi) is 4.71. The largest absolute Gasteiger partial charge is 0.497 e. The van der Waals surface area contributed by atoms with E-state index in [9.17, 15) is 14.5 Å². The molecule has 0 bridgehead atoms. The first kappa shape index (κ1) is 14.8. The number of methoxy groups -OCH3 is 1. The average Bonchev–Trinajstić information content (AvgIpc) is 2.47.